The van der Waals surface area contributed by atoms with Crippen LogP contribution in [0.4, 0.5) is 0 Å². The van der Waals surface area contributed by atoms with Crippen molar-refractivity contribution in [3.8, 4) is 11.8 Å². The van der Waals surface area contributed by atoms with Crippen LogP contribution in [0.15, 0.2) is 47.5 Å². The second-order valence-electron chi connectivity index (χ2n) is 7.29. The maximum Gasteiger partial charge on any atom is 0.322 e. The Hall–Kier alpha value is -2.59. The van der Waals surface area contributed by atoms with E-state index in [9.17, 15) is 8.42 Å². The van der Waals surface area contributed by atoms with Crippen molar-refractivity contribution in [1.29, 1.82) is 0 Å². The highest BCUT2D eigenvalue weighted by molar-refractivity contribution is 7.89. The number of nitrogens with one attached hydrogen (secondary N) is 2. The van der Waals surface area contributed by atoms with Crippen molar-refractivity contribution >= 4 is 44.1 Å². The van der Waals surface area contributed by atoms with E-state index in [0.717, 1.165) is 10.9 Å². The summed E-state index contributed by atoms with van der Waals surface area (Å²) in [5, 5.41) is 9.77. The summed E-state index contributed by atoms with van der Waals surface area (Å²) in [5.74, 6) is 1.00. The summed E-state index contributed by atoms with van der Waals surface area (Å²) >= 11 is 12.1. The highest BCUT2D eigenvalue weighted by Crippen LogP contribution is 2.31. The van der Waals surface area contributed by atoms with Gasteiger partial charge in [0.05, 0.1) is 11.1 Å². The third-order valence-corrected chi connectivity index (χ3v) is 7.35. The van der Waals surface area contributed by atoms with Gasteiger partial charge >= 0.3 is 6.01 Å². The molecule has 2 N–H and O–H groups in total. The molecule has 4 aromatic rings. The summed E-state index contributed by atoms with van der Waals surface area (Å²) in [6, 6.07) is 10.1. The van der Waals surface area contributed by atoms with Crippen LogP contribution in [0.3, 0.4) is 0 Å². The molecule has 0 saturated carbocycles. The molecule has 0 radical (unpaired) electrons. The number of benzene rings is 2. The zero-order valence-corrected chi connectivity index (χ0v) is 19.9. The summed E-state index contributed by atoms with van der Waals surface area (Å²) in [5.41, 5.74) is 1.38. The van der Waals surface area contributed by atoms with Crippen molar-refractivity contribution in [3.05, 3.63) is 64.0 Å². The van der Waals surface area contributed by atoms with Gasteiger partial charge in [-0.25, -0.2) is 13.1 Å². The minimum atomic E-state index is -3.94. The lowest BCUT2D eigenvalue weighted by molar-refractivity contribution is 0.408. The van der Waals surface area contributed by atoms with E-state index in [0.29, 0.717) is 28.7 Å². The molecule has 2 heterocycles. The molecular weight excluding hydrogens is 473 g/mol. The first-order valence-corrected chi connectivity index (χ1v) is 12.1. The summed E-state index contributed by atoms with van der Waals surface area (Å²) in [6.45, 7) is 5.70. The largest absolute Gasteiger partial charge is 0.424 e. The molecule has 2 aromatic carbocycles. The van der Waals surface area contributed by atoms with Gasteiger partial charge in [-0.1, -0.05) is 28.3 Å². The topological polar surface area (TPSA) is 102 Å². The number of hydrogen-bond acceptors (Lipinski definition) is 5. The molecule has 0 bridgehead atoms. The Morgan fingerprint density at radius 3 is 2.69 bits per heavy atom. The predicted molar refractivity (Wildman–Crippen MR) is 124 cm³/mol. The standard InChI is InChI=1S/C21H21Cl2N5O3S/c1-4-28-20(13(3)27-32(29,30)19-12(2)9-15(22)10-17(19)23)25-26-21(28)31-16-6-5-14-7-8-24-18(14)11-16/h5-11,13,24,27H,4H2,1-3H3/t13-/m1/s1. The average Bonchev–Trinajstić information content (AvgIpc) is 3.32. The van der Waals surface area contributed by atoms with Crippen LogP contribution >= 0.6 is 23.2 Å². The summed E-state index contributed by atoms with van der Waals surface area (Å²) < 4.78 is 36.3. The van der Waals surface area contributed by atoms with Crippen molar-refractivity contribution in [3.63, 3.8) is 0 Å². The Labute approximate surface area is 195 Å². The molecule has 0 spiro atoms. The van der Waals surface area contributed by atoms with Crippen molar-refractivity contribution in [2.45, 2.75) is 38.3 Å². The number of rotatable bonds is 7. The van der Waals surface area contributed by atoms with Crippen LogP contribution in [0.1, 0.15) is 31.3 Å². The number of ether oxygens (including phenoxy) is 1. The molecule has 32 heavy (non-hydrogen) atoms. The van der Waals surface area contributed by atoms with Crippen LogP contribution in [0.5, 0.6) is 11.8 Å². The molecule has 0 aliphatic heterocycles. The summed E-state index contributed by atoms with van der Waals surface area (Å²) in [7, 11) is -3.94. The zero-order chi connectivity index (χ0) is 23.0. The SMILES string of the molecule is CCn1c(Oc2ccc3cc[nH]c3c2)nnc1[C@@H](C)NS(=O)(=O)c1c(C)cc(Cl)cc1Cl. The van der Waals surface area contributed by atoms with E-state index in [-0.39, 0.29) is 15.9 Å². The maximum absolute atomic E-state index is 13.0. The molecule has 0 amide bonds. The number of sulfonamides is 1. The molecule has 0 aliphatic rings. The number of halogens is 2. The number of hydrogen-bond donors (Lipinski definition) is 2. The van der Waals surface area contributed by atoms with Crippen molar-refractivity contribution in [1.82, 2.24) is 24.5 Å². The molecule has 4 rings (SSSR count). The summed E-state index contributed by atoms with van der Waals surface area (Å²) in [4.78, 5) is 3.11. The van der Waals surface area contributed by atoms with Crippen molar-refractivity contribution in [2.24, 2.45) is 0 Å². The quantitative estimate of drug-likeness (QED) is 0.367. The van der Waals surface area contributed by atoms with Gasteiger partial charge in [0, 0.05) is 29.3 Å². The van der Waals surface area contributed by atoms with Gasteiger partial charge in [-0.15, -0.1) is 5.10 Å². The second-order valence-corrected chi connectivity index (χ2v) is 9.78. The molecule has 0 unspecified atom stereocenters. The highest BCUT2D eigenvalue weighted by Gasteiger charge is 2.27. The number of fused-ring (bicyclic) bond motifs is 1. The van der Waals surface area contributed by atoms with Crippen LogP contribution in [-0.4, -0.2) is 28.2 Å². The minimum Gasteiger partial charge on any atom is -0.424 e. The molecule has 168 valence electrons. The van der Waals surface area contributed by atoms with E-state index < -0.39 is 16.1 Å². The fraction of sp³-hybridized carbons (Fsp3) is 0.238. The van der Waals surface area contributed by atoms with Crippen LogP contribution in [-0.2, 0) is 16.6 Å². The van der Waals surface area contributed by atoms with Crippen LogP contribution in [0.2, 0.25) is 10.0 Å². The maximum atomic E-state index is 13.0. The number of H-pyrrole nitrogens is 1. The van der Waals surface area contributed by atoms with Crippen LogP contribution in [0, 0.1) is 6.92 Å². The number of aryl methyl sites for hydroxylation is 1. The fourth-order valence-electron chi connectivity index (χ4n) is 3.56. The number of nitrogens with zero attached hydrogens (tertiary/aromatic N) is 3. The Kier molecular flexibility index (Phi) is 6.17. The van der Waals surface area contributed by atoms with Gasteiger partial charge in [0.15, 0.2) is 5.82 Å². The molecule has 0 fully saturated rings. The van der Waals surface area contributed by atoms with Crippen LogP contribution < -0.4 is 9.46 Å². The van der Waals surface area contributed by atoms with E-state index in [2.05, 4.69) is 19.9 Å². The molecule has 8 nitrogen and oxygen atoms in total. The molecular formula is C21H21Cl2N5O3S. The van der Waals surface area contributed by atoms with Gasteiger partial charge in [-0.2, -0.15) is 0 Å². The Bertz CT molecular complexity index is 1370. The van der Waals surface area contributed by atoms with Gasteiger partial charge in [-0.3, -0.25) is 4.57 Å². The fourth-order valence-corrected chi connectivity index (χ4v) is 5.95. The van der Waals surface area contributed by atoms with Crippen molar-refractivity contribution in [2.75, 3.05) is 0 Å². The van der Waals surface area contributed by atoms with E-state index in [1.54, 1.807) is 24.5 Å². The van der Waals surface area contributed by atoms with Gasteiger partial charge in [0.2, 0.25) is 10.0 Å². The van der Waals surface area contributed by atoms with Crippen LogP contribution in [0.25, 0.3) is 10.9 Å². The first kappa shape index (κ1) is 22.6. The van der Waals surface area contributed by atoms with E-state index in [1.807, 2.05) is 37.4 Å². The van der Waals surface area contributed by atoms with E-state index in [4.69, 9.17) is 27.9 Å². The van der Waals surface area contributed by atoms with E-state index in [1.165, 1.54) is 6.07 Å². The highest BCUT2D eigenvalue weighted by atomic mass is 35.5. The Morgan fingerprint density at radius 1 is 1.19 bits per heavy atom. The monoisotopic (exact) mass is 493 g/mol. The minimum absolute atomic E-state index is 0.0197. The van der Waals surface area contributed by atoms with E-state index >= 15 is 0 Å². The average molecular weight is 494 g/mol. The number of aromatic amines is 1. The van der Waals surface area contributed by atoms with Gasteiger partial charge in [0.1, 0.15) is 10.6 Å². The smallest absolute Gasteiger partial charge is 0.322 e. The second kappa shape index (κ2) is 8.74. The van der Waals surface area contributed by atoms with Gasteiger partial charge in [0.25, 0.3) is 0 Å². The molecule has 0 aliphatic carbocycles. The third kappa shape index (κ3) is 4.33. The first-order valence-electron chi connectivity index (χ1n) is 9.85. The number of aromatic nitrogens is 4. The van der Waals surface area contributed by atoms with Gasteiger partial charge in [-0.05, 0) is 62.1 Å². The third-order valence-electron chi connectivity index (χ3n) is 4.98. The van der Waals surface area contributed by atoms with Crippen molar-refractivity contribution < 1.29 is 13.2 Å². The lowest BCUT2D eigenvalue weighted by Crippen LogP contribution is -2.29. The van der Waals surface area contributed by atoms with Gasteiger partial charge < -0.3 is 9.72 Å². The lowest BCUT2D eigenvalue weighted by atomic mass is 10.2. The molecule has 0 saturated heterocycles. The predicted octanol–water partition coefficient (Wildman–Crippen LogP) is 5.23. The summed E-state index contributed by atoms with van der Waals surface area (Å²) in [6.07, 6.45) is 1.85. The lowest BCUT2D eigenvalue weighted by Gasteiger charge is -2.17. The molecule has 2 aromatic heterocycles. The normalized spacial score (nSPS) is 12.9. The zero-order valence-electron chi connectivity index (χ0n) is 17.6. The first-order chi connectivity index (χ1) is 15.2. The molecule has 1 atom stereocenters. The Balaban J connectivity index is 1.60. The molecule has 11 heteroatoms. The Morgan fingerprint density at radius 2 is 1.97 bits per heavy atom.